The monoisotopic (exact) mass is 646 g/mol. The number of nitrogens with one attached hydrogen (secondary N) is 1. The summed E-state index contributed by atoms with van der Waals surface area (Å²) in [5, 5.41) is 32.9. The normalized spacial score (nSPS) is 14.3. The van der Waals surface area contributed by atoms with Gasteiger partial charge in [0.25, 0.3) is 0 Å². The van der Waals surface area contributed by atoms with Gasteiger partial charge in [0.2, 0.25) is 5.91 Å². The molecule has 0 aromatic carbocycles. The molecule has 5 nitrogen and oxygen atoms in total. The number of amides is 1. The van der Waals surface area contributed by atoms with Crippen molar-refractivity contribution in [2.75, 3.05) is 6.61 Å². The summed E-state index contributed by atoms with van der Waals surface area (Å²) in [5.74, 6) is -0.525. The molecule has 5 heteroatoms. The maximum atomic E-state index is 12.4. The van der Waals surface area contributed by atoms with Crippen LogP contribution in [-0.2, 0) is 4.79 Å². The smallest absolute Gasteiger partial charge is 0.249 e. The van der Waals surface area contributed by atoms with Crippen molar-refractivity contribution in [3.8, 4) is 0 Å². The predicted molar refractivity (Wildman–Crippen MR) is 199 cm³/mol. The molecule has 0 aliphatic heterocycles. The number of aliphatic hydroxyl groups is 3. The second-order valence-electron chi connectivity index (χ2n) is 13.1. The Morgan fingerprint density at radius 3 is 1.39 bits per heavy atom. The molecule has 0 bridgehead atoms. The minimum atomic E-state index is -1.11. The molecule has 0 heterocycles. The van der Waals surface area contributed by atoms with Gasteiger partial charge in [-0.2, -0.15) is 0 Å². The molecule has 0 aromatic rings. The minimum Gasteiger partial charge on any atom is -0.394 e. The molecular weight excluding hydrogens is 570 g/mol. The second kappa shape index (κ2) is 36.2. The quantitative estimate of drug-likeness (QED) is 0.0414. The van der Waals surface area contributed by atoms with Gasteiger partial charge < -0.3 is 20.6 Å². The van der Waals surface area contributed by atoms with E-state index >= 15 is 0 Å². The molecule has 0 rings (SSSR count). The Bertz CT molecular complexity index is 760. The summed E-state index contributed by atoms with van der Waals surface area (Å²) >= 11 is 0. The van der Waals surface area contributed by atoms with Crippen LogP contribution in [0.15, 0.2) is 48.6 Å². The lowest BCUT2D eigenvalue weighted by Gasteiger charge is -2.21. The predicted octanol–water partition coefficient (Wildman–Crippen LogP) is 10.6. The van der Waals surface area contributed by atoms with Crippen LogP contribution < -0.4 is 5.32 Å². The number of allylic oxidation sites excluding steroid dienone is 7. The first-order valence-corrected chi connectivity index (χ1v) is 19.5. The molecule has 0 radical (unpaired) electrons. The number of unbranched alkanes of at least 4 members (excludes halogenated alkanes) is 20. The Hall–Kier alpha value is -1.69. The number of hydrogen-bond donors (Lipinski definition) is 4. The lowest BCUT2D eigenvalue weighted by molar-refractivity contribution is -0.131. The molecule has 0 aliphatic rings. The van der Waals surface area contributed by atoms with Gasteiger partial charge in [-0.1, -0.05) is 165 Å². The van der Waals surface area contributed by atoms with Gasteiger partial charge in [-0.05, 0) is 64.2 Å². The molecule has 0 fully saturated rings. The largest absolute Gasteiger partial charge is 0.394 e. The van der Waals surface area contributed by atoms with Crippen molar-refractivity contribution >= 4 is 5.91 Å². The molecule has 1 amide bonds. The zero-order valence-electron chi connectivity index (χ0n) is 30.2. The highest BCUT2D eigenvalue weighted by molar-refractivity contribution is 5.80. The maximum Gasteiger partial charge on any atom is 0.249 e. The zero-order valence-corrected chi connectivity index (χ0v) is 30.2. The SMILES string of the molecule is CCCC/C=C/CC/C=C/CC/C=C/C(O)C(CO)NC(=O)C(O)CCCCCCCC/C=C\CCCCCCCCCCCC. The van der Waals surface area contributed by atoms with Crippen molar-refractivity contribution in [2.45, 2.75) is 199 Å². The van der Waals surface area contributed by atoms with E-state index in [1.807, 2.05) is 6.08 Å². The molecule has 3 atom stereocenters. The van der Waals surface area contributed by atoms with Gasteiger partial charge in [0, 0.05) is 0 Å². The second-order valence-corrected chi connectivity index (χ2v) is 13.1. The van der Waals surface area contributed by atoms with Gasteiger partial charge in [-0.25, -0.2) is 0 Å². The van der Waals surface area contributed by atoms with Crippen LogP contribution in [0.2, 0.25) is 0 Å². The first kappa shape index (κ1) is 44.3. The van der Waals surface area contributed by atoms with Gasteiger partial charge in [0.15, 0.2) is 0 Å². The van der Waals surface area contributed by atoms with Crippen LogP contribution >= 0.6 is 0 Å². The zero-order chi connectivity index (χ0) is 33.8. The summed E-state index contributed by atoms with van der Waals surface area (Å²) < 4.78 is 0. The Kier molecular flexibility index (Phi) is 34.8. The average Bonchev–Trinajstić information content (AvgIpc) is 3.06. The van der Waals surface area contributed by atoms with E-state index < -0.39 is 24.2 Å². The van der Waals surface area contributed by atoms with Crippen LogP contribution in [0.1, 0.15) is 181 Å². The molecule has 0 spiro atoms. The highest BCUT2D eigenvalue weighted by Crippen LogP contribution is 2.13. The van der Waals surface area contributed by atoms with Gasteiger partial charge in [0.05, 0.1) is 18.8 Å². The summed E-state index contributed by atoms with van der Waals surface area (Å²) in [6.07, 6.45) is 45.6. The van der Waals surface area contributed by atoms with Crippen molar-refractivity contribution < 1.29 is 20.1 Å². The van der Waals surface area contributed by atoms with Crippen molar-refractivity contribution in [1.29, 1.82) is 0 Å². The summed E-state index contributed by atoms with van der Waals surface area (Å²) in [5.41, 5.74) is 0. The molecule has 4 N–H and O–H groups in total. The number of rotatable bonds is 34. The molecule has 0 aliphatic carbocycles. The lowest BCUT2D eigenvalue weighted by Crippen LogP contribution is -2.48. The van der Waals surface area contributed by atoms with Gasteiger partial charge in [0.1, 0.15) is 6.10 Å². The van der Waals surface area contributed by atoms with Gasteiger partial charge in [-0.3, -0.25) is 4.79 Å². The van der Waals surface area contributed by atoms with Gasteiger partial charge >= 0.3 is 0 Å². The molecular formula is C41H75NO4. The lowest BCUT2D eigenvalue weighted by atomic mass is 10.0. The van der Waals surface area contributed by atoms with E-state index in [1.165, 1.54) is 109 Å². The fraction of sp³-hybridized carbons (Fsp3) is 0.780. The first-order chi connectivity index (χ1) is 22.6. The van der Waals surface area contributed by atoms with E-state index in [4.69, 9.17) is 0 Å². The van der Waals surface area contributed by atoms with Gasteiger partial charge in [-0.15, -0.1) is 0 Å². The molecule has 0 aromatic heterocycles. The topological polar surface area (TPSA) is 89.8 Å². The van der Waals surface area contributed by atoms with Crippen molar-refractivity contribution in [2.24, 2.45) is 0 Å². The number of hydrogen-bond acceptors (Lipinski definition) is 4. The van der Waals surface area contributed by atoms with E-state index in [0.717, 1.165) is 51.4 Å². The van der Waals surface area contributed by atoms with Crippen LogP contribution in [-0.4, -0.2) is 46.1 Å². The summed E-state index contributed by atoms with van der Waals surface area (Å²) in [4.78, 5) is 12.4. The van der Waals surface area contributed by atoms with Crippen molar-refractivity contribution in [3.05, 3.63) is 48.6 Å². The highest BCUT2D eigenvalue weighted by atomic mass is 16.3. The maximum absolute atomic E-state index is 12.4. The molecule has 3 unspecified atom stereocenters. The van der Waals surface area contributed by atoms with E-state index in [-0.39, 0.29) is 6.61 Å². The molecule has 0 saturated carbocycles. The van der Waals surface area contributed by atoms with Crippen LogP contribution in [0.4, 0.5) is 0 Å². The fourth-order valence-corrected chi connectivity index (χ4v) is 5.49. The van der Waals surface area contributed by atoms with Crippen LogP contribution in [0.5, 0.6) is 0 Å². The summed E-state index contributed by atoms with van der Waals surface area (Å²) in [7, 11) is 0. The third kappa shape index (κ3) is 30.9. The standard InChI is InChI=1S/C41H75NO4/c1-3-5-7-9-11-13-15-17-18-19-20-21-22-23-24-26-28-30-32-34-36-40(45)41(46)42-38(37-43)39(44)35-33-31-29-27-25-16-14-12-10-8-6-4-2/h10,12,21-22,25,27,33,35,38-40,43-45H,3-9,11,13-20,23-24,26,28-32,34,36-37H2,1-2H3,(H,42,46)/b12-10+,22-21-,27-25+,35-33+. The third-order valence-electron chi connectivity index (χ3n) is 8.62. The Morgan fingerprint density at radius 1 is 0.522 bits per heavy atom. The first-order valence-electron chi connectivity index (χ1n) is 19.5. The summed E-state index contributed by atoms with van der Waals surface area (Å²) in [6, 6.07) is -0.822. The Balaban J connectivity index is 3.76. The summed E-state index contributed by atoms with van der Waals surface area (Å²) in [6.45, 7) is 4.10. The van der Waals surface area contributed by atoms with Crippen LogP contribution in [0, 0.1) is 0 Å². The number of aliphatic hydroxyl groups excluding tert-OH is 3. The van der Waals surface area contributed by atoms with E-state index in [0.29, 0.717) is 6.42 Å². The molecule has 0 saturated heterocycles. The van der Waals surface area contributed by atoms with Crippen molar-refractivity contribution in [3.63, 3.8) is 0 Å². The number of carbonyl (C=O) groups excluding carboxylic acids is 1. The molecule has 46 heavy (non-hydrogen) atoms. The van der Waals surface area contributed by atoms with E-state index in [1.54, 1.807) is 6.08 Å². The fourth-order valence-electron chi connectivity index (χ4n) is 5.49. The number of carbonyl (C=O) groups is 1. The van der Waals surface area contributed by atoms with Crippen LogP contribution in [0.25, 0.3) is 0 Å². The highest BCUT2D eigenvalue weighted by Gasteiger charge is 2.22. The Morgan fingerprint density at radius 2 is 0.913 bits per heavy atom. The Labute approximate surface area is 285 Å². The third-order valence-corrected chi connectivity index (χ3v) is 8.62. The minimum absolute atomic E-state index is 0.385. The van der Waals surface area contributed by atoms with Crippen molar-refractivity contribution in [1.82, 2.24) is 5.32 Å². The van der Waals surface area contributed by atoms with E-state index in [9.17, 15) is 20.1 Å². The van der Waals surface area contributed by atoms with E-state index in [2.05, 4.69) is 55.6 Å². The molecule has 268 valence electrons. The average molecular weight is 646 g/mol. The van der Waals surface area contributed by atoms with Crippen LogP contribution in [0.3, 0.4) is 0 Å².